The Hall–Kier alpha value is -1.79. The van der Waals surface area contributed by atoms with Crippen molar-refractivity contribution in [3.63, 3.8) is 0 Å². The van der Waals surface area contributed by atoms with Gasteiger partial charge in [0.15, 0.2) is 17.5 Å². The van der Waals surface area contributed by atoms with Crippen LogP contribution < -0.4 is 5.32 Å². The van der Waals surface area contributed by atoms with E-state index in [0.29, 0.717) is 6.07 Å². The maximum Gasteiger partial charge on any atom is 0.257 e. The van der Waals surface area contributed by atoms with Crippen LogP contribution in [0.1, 0.15) is 10.4 Å². The summed E-state index contributed by atoms with van der Waals surface area (Å²) in [4.78, 5) is 11.9. The molecule has 0 saturated carbocycles. The Morgan fingerprint density at radius 3 is 2.24 bits per heavy atom. The van der Waals surface area contributed by atoms with Crippen molar-refractivity contribution >= 4 is 34.8 Å². The molecule has 0 aliphatic rings. The topological polar surface area (TPSA) is 29.1 Å². The molecule has 0 radical (unpaired) electrons. The van der Waals surface area contributed by atoms with E-state index in [-0.39, 0.29) is 15.6 Å². The third-order valence-corrected chi connectivity index (χ3v) is 3.14. The first kappa shape index (κ1) is 15.6. The number of anilines is 1. The van der Waals surface area contributed by atoms with Crippen LogP contribution in [0.25, 0.3) is 0 Å². The largest absolute Gasteiger partial charge is 0.319 e. The molecule has 1 N–H and O–H groups in total. The normalized spacial score (nSPS) is 10.6. The van der Waals surface area contributed by atoms with Gasteiger partial charge in [-0.25, -0.2) is 17.6 Å². The highest BCUT2D eigenvalue weighted by atomic mass is 35.5. The van der Waals surface area contributed by atoms with Crippen LogP contribution in [0.4, 0.5) is 23.2 Å². The summed E-state index contributed by atoms with van der Waals surface area (Å²) in [6.07, 6.45) is 0. The van der Waals surface area contributed by atoms with E-state index in [4.69, 9.17) is 23.2 Å². The van der Waals surface area contributed by atoms with Gasteiger partial charge in [0.1, 0.15) is 5.82 Å². The molecule has 0 bridgehead atoms. The maximum absolute atomic E-state index is 13.4. The van der Waals surface area contributed by atoms with E-state index in [9.17, 15) is 22.4 Å². The van der Waals surface area contributed by atoms with Gasteiger partial charge in [-0.2, -0.15) is 0 Å². The molecule has 0 spiro atoms. The first-order valence-corrected chi connectivity index (χ1v) is 6.16. The fourth-order valence-corrected chi connectivity index (χ4v) is 1.98. The Morgan fingerprint density at radius 1 is 0.905 bits per heavy atom. The molecule has 0 aliphatic carbocycles. The average molecular weight is 338 g/mol. The van der Waals surface area contributed by atoms with E-state index in [2.05, 4.69) is 0 Å². The second kappa shape index (κ2) is 5.91. The molecule has 2 rings (SSSR count). The van der Waals surface area contributed by atoms with Gasteiger partial charge >= 0.3 is 0 Å². The number of amides is 1. The lowest BCUT2D eigenvalue weighted by Gasteiger charge is -2.09. The molecule has 2 aromatic carbocycles. The number of nitrogens with one attached hydrogen (secondary N) is 1. The number of carbonyl (C=O) groups is 1. The molecular weight excluding hydrogens is 333 g/mol. The number of rotatable bonds is 2. The molecule has 2 aromatic rings. The molecule has 0 saturated heterocycles. The summed E-state index contributed by atoms with van der Waals surface area (Å²) in [6.45, 7) is 0. The van der Waals surface area contributed by atoms with Gasteiger partial charge in [0.2, 0.25) is 0 Å². The fourth-order valence-electron chi connectivity index (χ4n) is 1.51. The molecule has 0 heterocycles. The smallest absolute Gasteiger partial charge is 0.257 e. The molecule has 1 amide bonds. The first-order chi connectivity index (χ1) is 9.81. The lowest BCUT2D eigenvalue weighted by atomic mass is 10.2. The average Bonchev–Trinajstić information content (AvgIpc) is 2.43. The van der Waals surface area contributed by atoms with Crippen LogP contribution in [-0.4, -0.2) is 5.91 Å². The molecule has 0 aliphatic heterocycles. The van der Waals surface area contributed by atoms with Gasteiger partial charge in [0.25, 0.3) is 5.91 Å². The van der Waals surface area contributed by atoms with Crippen molar-refractivity contribution in [2.24, 2.45) is 0 Å². The second-order valence-electron chi connectivity index (χ2n) is 3.92. The Kier molecular flexibility index (Phi) is 4.39. The van der Waals surface area contributed by atoms with E-state index in [1.807, 2.05) is 5.32 Å². The summed E-state index contributed by atoms with van der Waals surface area (Å²) < 4.78 is 52.5. The Balaban J connectivity index is 2.35. The van der Waals surface area contributed by atoms with Gasteiger partial charge in [0, 0.05) is 0 Å². The van der Waals surface area contributed by atoms with E-state index >= 15 is 0 Å². The predicted molar refractivity (Wildman–Crippen MR) is 70.7 cm³/mol. The molecule has 0 aromatic heterocycles. The summed E-state index contributed by atoms with van der Waals surface area (Å²) in [6, 6.07) is 3.21. The van der Waals surface area contributed by atoms with E-state index in [1.165, 1.54) is 0 Å². The molecule has 0 unspecified atom stereocenters. The van der Waals surface area contributed by atoms with Crippen molar-refractivity contribution in [2.45, 2.75) is 0 Å². The highest BCUT2D eigenvalue weighted by Gasteiger charge is 2.18. The number of benzene rings is 2. The van der Waals surface area contributed by atoms with Crippen molar-refractivity contribution in [1.82, 2.24) is 0 Å². The van der Waals surface area contributed by atoms with Crippen molar-refractivity contribution in [3.05, 3.63) is 63.1 Å². The molecule has 8 heteroatoms. The minimum Gasteiger partial charge on any atom is -0.319 e. The minimum atomic E-state index is -1.74. The summed E-state index contributed by atoms with van der Waals surface area (Å²) in [5.41, 5.74) is -0.937. The fraction of sp³-hybridized carbons (Fsp3) is 0. The van der Waals surface area contributed by atoms with E-state index in [0.717, 1.165) is 18.2 Å². The number of hydrogen-bond donors (Lipinski definition) is 1. The highest BCUT2D eigenvalue weighted by Crippen LogP contribution is 2.26. The zero-order valence-corrected chi connectivity index (χ0v) is 11.5. The molecule has 0 atom stereocenters. The van der Waals surface area contributed by atoms with Crippen LogP contribution >= 0.6 is 23.2 Å². The van der Waals surface area contributed by atoms with Crippen molar-refractivity contribution < 1.29 is 22.4 Å². The second-order valence-corrected chi connectivity index (χ2v) is 4.74. The minimum absolute atomic E-state index is 0.179. The van der Waals surface area contributed by atoms with Gasteiger partial charge in [-0.3, -0.25) is 4.79 Å². The van der Waals surface area contributed by atoms with E-state index in [1.54, 1.807) is 0 Å². The Bertz CT molecular complexity index is 737. The summed E-state index contributed by atoms with van der Waals surface area (Å²) in [5.74, 6) is -6.62. The number of carbonyl (C=O) groups excluding carboxylic acids is 1. The standard InChI is InChI=1S/C13H5Cl2F4NO/c14-6-4-7(15)9(17)3-5(6)13(21)20-10-2-1-8(16)11(18)12(10)19/h1-4H,(H,20,21). The van der Waals surface area contributed by atoms with Crippen molar-refractivity contribution in [3.8, 4) is 0 Å². The van der Waals surface area contributed by atoms with Gasteiger partial charge in [-0.1, -0.05) is 23.2 Å². The lowest BCUT2D eigenvalue weighted by molar-refractivity contribution is 0.102. The van der Waals surface area contributed by atoms with Gasteiger partial charge in [-0.15, -0.1) is 0 Å². The van der Waals surface area contributed by atoms with Gasteiger partial charge < -0.3 is 5.32 Å². The monoisotopic (exact) mass is 337 g/mol. The maximum atomic E-state index is 13.4. The molecule has 21 heavy (non-hydrogen) atoms. The first-order valence-electron chi connectivity index (χ1n) is 5.40. The van der Waals surface area contributed by atoms with Crippen LogP contribution in [-0.2, 0) is 0 Å². The van der Waals surface area contributed by atoms with Crippen LogP contribution in [0, 0.1) is 23.3 Å². The summed E-state index contributed by atoms with van der Waals surface area (Å²) >= 11 is 11.2. The summed E-state index contributed by atoms with van der Waals surface area (Å²) in [5, 5.41) is 1.49. The molecule has 110 valence electrons. The van der Waals surface area contributed by atoms with Crippen LogP contribution in [0.5, 0.6) is 0 Å². The zero-order valence-electron chi connectivity index (χ0n) is 9.99. The summed E-state index contributed by atoms with van der Waals surface area (Å²) in [7, 11) is 0. The third-order valence-electron chi connectivity index (χ3n) is 2.54. The van der Waals surface area contributed by atoms with Gasteiger partial charge in [0.05, 0.1) is 21.3 Å². The highest BCUT2D eigenvalue weighted by molar-refractivity contribution is 6.37. The SMILES string of the molecule is O=C(Nc1ccc(F)c(F)c1F)c1cc(F)c(Cl)cc1Cl. The molecular formula is C13H5Cl2F4NO. The number of halogens is 6. The van der Waals surface area contributed by atoms with Gasteiger partial charge in [-0.05, 0) is 24.3 Å². The van der Waals surface area contributed by atoms with Crippen LogP contribution in [0.3, 0.4) is 0 Å². The van der Waals surface area contributed by atoms with Crippen molar-refractivity contribution in [2.75, 3.05) is 5.32 Å². The quantitative estimate of drug-likeness (QED) is 0.476. The van der Waals surface area contributed by atoms with Crippen LogP contribution in [0.2, 0.25) is 10.0 Å². The van der Waals surface area contributed by atoms with E-state index < -0.39 is 34.9 Å². The molecule has 0 fully saturated rings. The Morgan fingerprint density at radius 2 is 1.57 bits per heavy atom. The lowest BCUT2D eigenvalue weighted by Crippen LogP contribution is -2.14. The third kappa shape index (κ3) is 3.11. The molecule has 2 nitrogen and oxygen atoms in total. The zero-order chi connectivity index (χ0) is 15.7. The Labute approximate surface area is 126 Å². The van der Waals surface area contributed by atoms with Crippen LogP contribution in [0.15, 0.2) is 24.3 Å². The number of hydrogen-bond acceptors (Lipinski definition) is 1. The van der Waals surface area contributed by atoms with Crippen molar-refractivity contribution in [1.29, 1.82) is 0 Å². The predicted octanol–water partition coefficient (Wildman–Crippen LogP) is 4.80.